The first-order chi connectivity index (χ1) is 15.6. The minimum atomic E-state index is -1.96. The number of nitrogens with one attached hydrogen (secondary N) is 2. The van der Waals surface area contributed by atoms with E-state index in [0.717, 1.165) is 17.7 Å². The summed E-state index contributed by atoms with van der Waals surface area (Å²) in [5.41, 5.74) is 2.06. The van der Waals surface area contributed by atoms with Gasteiger partial charge in [-0.1, -0.05) is 30.3 Å². The topological polar surface area (TPSA) is 134 Å². The zero-order valence-corrected chi connectivity index (χ0v) is 18.5. The van der Waals surface area contributed by atoms with Crippen LogP contribution >= 0.6 is 0 Å². The van der Waals surface area contributed by atoms with Crippen LogP contribution < -0.4 is 10.6 Å². The van der Waals surface area contributed by atoms with Crippen LogP contribution in [-0.4, -0.2) is 86.9 Å². The molecule has 0 aliphatic rings. The average molecular weight is 446 g/mol. The van der Waals surface area contributed by atoms with Gasteiger partial charge in [-0.2, -0.15) is 0 Å². The van der Waals surface area contributed by atoms with Gasteiger partial charge in [-0.3, -0.25) is 19.6 Å². The smallest absolute Gasteiger partial charge is 0.426 e. The van der Waals surface area contributed by atoms with Crippen LogP contribution in [0.1, 0.15) is 24.1 Å². The Morgan fingerprint density at radius 2 is 1.94 bits per heavy atom. The van der Waals surface area contributed by atoms with E-state index >= 15 is 0 Å². The van der Waals surface area contributed by atoms with E-state index in [4.69, 9.17) is 28.3 Å². The average Bonchev–Trinajstić information content (AvgIpc) is 2.77. The summed E-state index contributed by atoms with van der Waals surface area (Å²) in [6.07, 6.45) is 7.02. The molecule has 0 saturated carbocycles. The third-order valence-electron chi connectivity index (χ3n) is 4.29. The summed E-state index contributed by atoms with van der Waals surface area (Å²) < 4.78 is 4.87. The summed E-state index contributed by atoms with van der Waals surface area (Å²) in [6, 6.07) is 8.52. The SMILES string of the molecule is Cc1cnccn1.[B]C([B])([B])OCC(NC=O)C(=O)N[C@@H](CCCc1ccccc1)B(O)O. The van der Waals surface area contributed by atoms with Crippen molar-refractivity contribution in [3.63, 3.8) is 0 Å². The molecule has 168 valence electrons. The maximum absolute atomic E-state index is 12.2. The largest absolute Gasteiger partial charge is 0.475 e. The molecule has 4 N–H and O–H groups in total. The summed E-state index contributed by atoms with van der Waals surface area (Å²) in [5, 5.41) is 21.7. The molecule has 0 saturated heterocycles. The van der Waals surface area contributed by atoms with Crippen molar-refractivity contribution in [3.8, 4) is 0 Å². The highest BCUT2D eigenvalue weighted by Crippen LogP contribution is 2.08. The molecular formula is C20H26B4N4O5. The highest BCUT2D eigenvalue weighted by molar-refractivity contribution is 6.58. The maximum Gasteiger partial charge on any atom is 0.475 e. The fourth-order valence-electron chi connectivity index (χ4n) is 2.63. The molecule has 0 bridgehead atoms. The number of rotatable bonds is 12. The van der Waals surface area contributed by atoms with Crippen LogP contribution in [-0.2, 0) is 20.7 Å². The van der Waals surface area contributed by atoms with E-state index in [9.17, 15) is 19.6 Å². The molecule has 0 fully saturated rings. The van der Waals surface area contributed by atoms with E-state index in [2.05, 4.69) is 20.6 Å². The van der Waals surface area contributed by atoms with Crippen molar-refractivity contribution in [3.05, 3.63) is 60.2 Å². The highest BCUT2D eigenvalue weighted by Gasteiger charge is 2.28. The summed E-state index contributed by atoms with van der Waals surface area (Å²) in [5.74, 6) is -1.60. The van der Waals surface area contributed by atoms with Gasteiger partial charge in [0.15, 0.2) is 0 Å². The number of ether oxygens (including phenoxy) is 1. The van der Waals surface area contributed by atoms with E-state index in [1.807, 2.05) is 37.3 Å². The van der Waals surface area contributed by atoms with Gasteiger partial charge in [-0.25, -0.2) is 0 Å². The lowest BCUT2D eigenvalue weighted by molar-refractivity contribution is -0.127. The highest BCUT2D eigenvalue weighted by atomic mass is 16.5. The van der Waals surface area contributed by atoms with Crippen LogP contribution in [0.3, 0.4) is 0 Å². The first-order valence-electron chi connectivity index (χ1n) is 10.3. The number of aromatic nitrogens is 2. The van der Waals surface area contributed by atoms with Crippen LogP contribution in [0.25, 0.3) is 0 Å². The van der Waals surface area contributed by atoms with Crippen molar-refractivity contribution in [2.45, 2.75) is 43.5 Å². The Kier molecular flexibility index (Phi) is 13.1. The number of aryl methyl sites for hydroxylation is 2. The zero-order chi connectivity index (χ0) is 24.7. The third kappa shape index (κ3) is 13.5. The molecular weight excluding hydrogens is 419 g/mol. The zero-order valence-electron chi connectivity index (χ0n) is 18.5. The number of benzene rings is 1. The van der Waals surface area contributed by atoms with Gasteiger partial charge in [-0.15, -0.1) is 0 Å². The Balaban J connectivity index is 0.000000657. The molecule has 0 aliphatic carbocycles. The molecule has 1 unspecified atom stereocenters. The number of hydrogen-bond acceptors (Lipinski definition) is 7. The number of amides is 2. The molecule has 2 amide bonds. The van der Waals surface area contributed by atoms with Crippen LogP contribution in [0, 0.1) is 6.92 Å². The Morgan fingerprint density at radius 1 is 1.24 bits per heavy atom. The van der Waals surface area contributed by atoms with E-state index in [0.29, 0.717) is 19.3 Å². The summed E-state index contributed by atoms with van der Waals surface area (Å²) in [4.78, 5) is 30.6. The minimum absolute atomic E-state index is 0.304. The Bertz CT molecular complexity index is 813. The number of hydrogen-bond donors (Lipinski definition) is 4. The van der Waals surface area contributed by atoms with Gasteiger partial charge in [0.25, 0.3) is 0 Å². The quantitative estimate of drug-likeness (QED) is 0.232. The number of carbonyl (C=O) groups excluding carboxylic acids is 2. The lowest BCUT2D eigenvalue weighted by atomic mass is 9.52. The van der Waals surface area contributed by atoms with Gasteiger partial charge in [0.05, 0.1) is 41.8 Å². The van der Waals surface area contributed by atoms with Crippen molar-refractivity contribution in [1.29, 1.82) is 0 Å². The van der Waals surface area contributed by atoms with Gasteiger partial charge >= 0.3 is 7.12 Å². The van der Waals surface area contributed by atoms with Gasteiger partial charge < -0.3 is 25.4 Å². The molecule has 1 aromatic carbocycles. The molecule has 2 aromatic rings. The van der Waals surface area contributed by atoms with Gasteiger partial charge in [0.2, 0.25) is 12.3 Å². The molecule has 6 radical (unpaired) electrons. The third-order valence-corrected chi connectivity index (χ3v) is 4.29. The molecule has 33 heavy (non-hydrogen) atoms. The van der Waals surface area contributed by atoms with Crippen molar-refractivity contribution in [1.82, 2.24) is 20.6 Å². The lowest BCUT2D eigenvalue weighted by Gasteiger charge is -2.26. The Labute approximate surface area is 198 Å². The number of nitrogens with zero attached hydrogens (tertiary/aromatic N) is 2. The van der Waals surface area contributed by atoms with Gasteiger partial charge in [0, 0.05) is 18.6 Å². The van der Waals surface area contributed by atoms with Crippen molar-refractivity contribution in [2.24, 2.45) is 0 Å². The van der Waals surface area contributed by atoms with Crippen molar-refractivity contribution < 1.29 is 24.4 Å². The molecule has 2 rings (SSSR count). The summed E-state index contributed by atoms with van der Waals surface area (Å²) in [7, 11) is 14.0. The molecule has 0 spiro atoms. The lowest BCUT2D eigenvalue weighted by Crippen LogP contribution is -2.55. The molecule has 1 aromatic heterocycles. The van der Waals surface area contributed by atoms with Crippen molar-refractivity contribution >= 4 is 43.0 Å². The van der Waals surface area contributed by atoms with E-state index in [-0.39, 0.29) is 6.61 Å². The van der Waals surface area contributed by atoms with E-state index in [1.165, 1.54) is 0 Å². The number of carbonyl (C=O) groups is 2. The second-order valence-electron chi connectivity index (χ2n) is 7.25. The second-order valence-corrected chi connectivity index (χ2v) is 7.25. The summed E-state index contributed by atoms with van der Waals surface area (Å²) >= 11 is 0. The molecule has 0 aliphatic heterocycles. The van der Waals surface area contributed by atoms with Gasteiger partial charge in [0.1, 0.15) is 6.04 Å². The van der Waals surface area contributed by atoms with E-state index < -0.39 is 30.3 Å². The second kappa shape index (κ2) is 15.3. The predicted octanol–water partition coefficient (Wildman–Crippen LogP) is -1.46. The first kappa shape index (κ1) is 28.4. The predicted molar refractivity (Wildman–Crippen MR) is 127 cm³/mol. The Hall–Kier alpha value is -2.62. The molecule has 1 heterocycles. The van der Waals surface area contributed by atoms with E-state index in [1.54, 1.807) is 18.6 Å². The Morgan fingerprint density at radius 3 is 2.42 bits per heavy atom. The standard InChI is InChI=1S/C15H20B4N2O5.C5H6N2/c16-15(17,18)26-9-12(20-10-22)14(23)21-13(19(24)25)8-4-7-11-5-2-1-3-6-11;1-5-4-6-2-3-7-5/h1-3,5-6,10,12-13,24-25H,4,7-9H2,(H,20,22)(H,21,23);2-4H,1H3/t12?,13-;/m0./s1. The van der Waals surface area contributed by atoms with Crippen molar-refractivity contribution in [2.75, 3.05) is 6.61 Å². The first-order valence-corrected chi connectivity index (χ1v) is 10.3. The summed E-state index contributed by atoms with van der Waals surface area (Å²) in [6.45, 7) is 1.53. The monoisotopic (exact) mass is 446 g/mol. The van der Waals surface area contributed by atoms with Crippen LogP contribution in [0.4, 0.5) is 0 Å². The minimum Gasteiger partial charge on any atom is -0.426 e. The van der Waals surface area contributed by atoms with Crippen LogP contribution in [0.15, 0.2) is 48.9 Å². The molecule has 13 heteroatoms. The normalized spacial score (nSPS) is 12.5. The van der Waals surface area contributed by atoms with Crippen LogP contribution in [0.2, 0.25) is 0 Å². The van der Waals surface area contributed by atoms with Crippen LogP contribution in [0.5, 0.6) is 0 Å². The van der Waals surface area contributed by atoms with Gasteiger partial charge in [-0.05, 0) is 37.0 Å². The molecule has 9 nitrogen and oxygen atoms in total. The maximum atomic E-state index is 12.2. The fourth-order valence-corrected chi connectivity index (χ4v) is 2.63. The fraction of sp³-hybridized carbons (Fsp3) is 0.400. The molecule has 2 atom stereocenters.